The largest absolute Gasteiger partial charge is 0.382 e. The topological polar surface area (TPSA) is 76.7 Å². The zero-order chi connectivity index (χ0) is 13.1. The van der Waals surface area contributed by atoms with Gasteiger partial charge in [0.05, 0.1) is 13.2 Å². The maximum atomic E-state index is 11.2. The highest BCUT2D eigenvalue weighted by atomic mass is 16.5. The smallest absolute Gasteiger partial charge is 0.246 e. The van der Waals surface area contributed by atoms with Crippen LogP contribution in [0.25, 0.3) is 0 Å². The summed E-state index contributed by atoms with van der Waals surface area (Å²) in [5.74, 6) is -0.293. The SMILES string of the molecule is COCCOCC(=O)NCCC(=O)NC(C)C. The molecule has 0 unspecified atom stereocenters. The molecular weight excluding hydrogens is 224 g/mol. The molecule has 0 aromatic carbocycles. The third-order valence-corrected chi connectivity index (χ3v) is 1.79. The van der Waals surface area contributed by atoms with Crippen LogP contribution in [0.5, 0.6) is 0 Å². The van der Waals surface area contributed by atoms with E-state index >= 15 is 0 Å². The van der Waals surface area contributed by atoms with E-state index < -0.39 is 0 Å². The fourth-order valence-electron chi connectivity index (χ4n) is 1.07. The molecule has 0 rings (SSSR count). The Labute approximate surface area is 102 Å². The minimum atomic E-state index is -0.224. The van der Waals surface area contributed by atoms with E-state index in [9.17, 15) is 9.59 Å². The average Bonchev–Trinajstić information content (AvgIpc) is 2.23. The summed E-state index contributed by atoms with van der Waals surface area (Å²) in [6.45, 7) is 4.95. The summed E-state index contributed by atoms with van der Waals surface area (Å²) in [6, 6.07) is 0.121. The van der Waals surface area contributed by atoms with Gasteiger partial charge in [0.2, 0.25) is 11.8 Å². The summed E-state index contributed by atoms with van der Waals surface area (Å²) in [6.07, 6.45) is 0.280. The standard InChI is InChI=1S/C11H22N2O4/c1-9(2)13-10(14)4-5-12-11(15)8-17-7-6-16-3/h9H,4-8H2,1-3H3,(H,12,15)(H,13,14). The van der Waals surface area contributed by atoms with Gasteiger partial charge >= 0.3 is 0 Å². The van der Waals surface area contributed by atoms with E-state index in [0.717, 1.165) is 0 Å². The molecule has 0 atom stereocenters. The quantitative estimate of drug-likeness (QED) is 0.547. The lowest BCUT2D eigenvalue weighted by Gasteiger charge is -2.09. The van der Waals surface area contributed by atoms with E-state index in [1.165, 1.54) is 0 Å². The Hall–Kier alpha value is -1.14. The van der Waals surface area contributed by atoms with Crippen LogP contribution in [0.15, 0.2) is 0 Å². The van der Waals surface area contributed by atoms with Crippen molar-refractivity contribution in [1.29, 1.82) is 0 Å². The average molecular weight is 246 g/mol. The Morgan fingerprint density at radius 1 is 1.18 bits per heavy atom. The Balaban J connectivity index is 3.41. The summed E-state index contributed by atoms with van der Waals surface area (Å²) in [4.78, 5) is 22.4. The van der Waals surface area contributed by atoms with E-state index in [2.05, 4.69) is 10.6 Å². The molecule has 0 saturated heterocycles. The molecule has 0 aliphatic heterocycles. The van der Waals surface area contributed by atoms with Crippen LogP contribution in [0.2, 0.25) is 0 Å². The molecule has 0 aromatic heterocycles. The molecule has 0 aromatic rings. The third kappa shape index (κ3) is 11.1. The van der Waals surface area contributed by atoms with E-state index in [-0.39, 0.29) is 30.9 Å². The number of carbonyl (C=O) groups excluding carboxylic acids is 2. The number of ether oxygens (including phenoxy) is 2. The maximum Gasteiger partial charge on any atom is 0.246 e. The van der Waals surface area contributed by atoms with Crippen LogP contribution in [-0.4, -0.2) is 51.3 Å². The lowest BCUT2D eigenvalue weighted by Crippen LogP contribution is -2.35. The number of carbonyl (C=O) groups is 2. The van der Waals surface area contributed by atoms with Crippen molar-refractivity contribution < 1.29 is 19.1 Å². The Morgan fingerprint density at radius 2 is 1.88 bits per heavy atom. The van der Waals surface area contributed by atoms with Gasteiger partial charge in [0.25, 0.3) is 0 Å². The molecule has 0 fully saturated rings. The highest BCUT2D eigenvalue weighted by molar-refractivity contribution is 5.79. The molecule has 0 heterocycles. The molecule has 6 nitrogen and oxygen atoms in total. The second-order valence-electron chi connectivity index (χ2n) is 3.87. The zero-order valence-electron chi connectivity index (χ0n) is 10.7. The highest BCUT2D eigenvalue weighted by Gasteiger charge is 2.05. The molecule has 2 amide bonds. The van der Waals surface area contributed by atoms with Crippen molar-refractivity contribution in [2.45, 2.75) is 26.3 Å². The van der Waals surface area contributed by atoms with E-state index in [1.807, 2.05) is 13.8 Å². The zero-order valence-corrected chi connectivity index (χ0v) is 10.7. The maximum absolute atomic E-state index is 11.2. The molecule has 6 heteroatoms. The van der Waals surface area contributed by atoms with Gasteiger partial charge in [-0.1, -0.05) is 0 Å². The summed E-state index contributed by atoms with van der Waals surface area (Å²) in [5.41, 5.74) is 0. The van der Waals surface area contributed by atoms with Crippen molar-refractivity contribution in [3.8, 4) is 0 Å². The lowest BCUT2D eigenvalue weighted by molar-refractivity contribution is -0.126. The van der Waals surface area contributed by atoms with E-state index in [1.54, 1.807) is 7.11 Å². The molecule has 0 saturated carbocycles. The monoisotopic (exact) mass is 246 g/mol. The Bertz CT molecular complexity index is 232. The first-order chi connectivity index (χ1) is 8.06. The lowest BCUT2D eigenvalue weighted by atomic mass is 10.3. The molecular formula is C11H22N2O4. The molecule has 17 heavy (non-hydrogen) atoms. The van der Waals surface area contributed by atoms with Gasteiger partial charge in [-0.15, -0.1) is 0 Å². The second-order valence-corrected chi connectivity index (χ2v) is 3.87. The minimum absolute atomic E-state index is 0.00480. The van der Waals surface area contributed by atoms with Gasteiger partial charge in [-0.05, 0) is 13.8 Å². The van der Waals surface area contributed by atoms with Crippen molar-refractivity contribution in [1.82, 2.24) is 10.6 Å². The molecule has 0 aliphatic rings. The van der Waals surface area contributed by atoms with Crippen LogP contribution in [0, 0.1) is 0 Å². The Kier molecular flexibility index (Phi) is 9.37. The van der Waals surface area contributed by atoms with E-state index in [4.69, 9.17) is 9.47 Å². The number of nitrogens with one attached hydrogen (secondary N) is 2. The molecule has 0 radical (unpaired) electrons. The number of hydrogen-bond donors (Lipinski definition) is 2. The minimum Gasteiger partial charge on any atom is -0.382 e. The Morgan fingerprint density at radius 3 is 2.47 bits per heavy atom. The van der Waals surface area contributed by atoms with E-state index in [0.29, 0.717) is 19.8 Å². The summed E-state index contributed by atoms with van der Waals surface area (Å²) in [7, 11) is 1.57. The predicted octanol–water partition coefficient (Wildman–Crippen LogP) is -0.320. The summed E-state index contributed by atoms with van der Waals surface area (Å²) < 4.78 is 9.78. The first-order valence-corrected chi connectivity index (χ1v) is 5.69. The van der Waals surface area contributed by atoms with Crippen molar-refractivity contribution in [3.05, 3.63) is 0 Å². The van der Waals surface area contributed by atoms with Crippen LogP contribution in [0.4, 0.5) is 0 Å². The predicted molar refractivity (Wildman–Crippen MR) is 63.6 cm³/mol. The fraction of sp³-hybridized carbons (Fsp3) is 0.818. The molecule has 100 valence electrons. The first kappa shape index (κ1) is 15.9. The van der Waals surface area contributed by atoms with Gasteiger partial charge in [0.15, 0.2) is 0 Å². The molecule has 0 bridgehead atoms. The summed E-state index contributed by atoms with van der Waals surface area (Å²) in [5, 5.41) is 5.34. The van der Waals surface area contributed by atoms with Crippen molar-refractivity contribution in [2.24, 2.45) is 0 Å². The normalized spacial score (nSPS) is 10.4. The number of methoxy groups -OCH3 is 1. The van der Waals surface area contributed by atoms with Gasteiger partial charge in [0.1, 0.15) is 6.61 Å². The highest BCUT2D eigenvalue weighted by Crippen LogP contribution is 1.83. The van der Waals surface area contributed by atoms with Gasteiger partial charge in [0, 0.05) is 26.1 Å². The van der Waals surface area contributed by atoms with Gasteiger partial charge in [-0.3, -0.25) is 9.59 Å². The van der Waals surface area contributed by atoms with Crippen LogP contribution >= 0.6 is 0 Å². The van der Waals surface area contributed by atoms with Crippen molar-refractivity contribution >= 4 is 11.8 Å². The van der Waals surface area contributed by atoms with Crippen LogP contribution in [0.3, 0.4) is 0 Å². The van der Waals surface area contributed by atoms with Crippen LogP contribution < -0.4 is 10.6 Å². The van der Waals surface area contributed by atoms with Crippen molar-refractivity contribution in [3.63, 3.8) is 0 Å². The summed E-state index contributed by atoms with van der Waals surface area (Å²) >= 11 is 0. The third-order valence-electron chi connectivity index (χ3n) is 1.79. The first-order valence-electron chi connectivity index (χ1n) is 5.69. The molecule has 2 N–H and O–H groups in total. The van der Waals surface area contributed by atoms with Gasteiger partial charge in [-0.25, -0.2) is 0 Å². The van der Waals surface area contributed by atoms with Crippen LogP contribution in [0.1, 0.15) is 20.3 Å². The number of hydrogen-bond acceptors (Lipinski definition) is 4. The second kappa shape index (κ2) is 10.0. The fourth-order valence-corrected chi connectivity index (χ4v) is 1.07. The number of amides is 2. The van der Waals surface area contributed by atoms with Crippen LogP contribution in [-0.2, 0) is 19.1 Å². The molecule has 0 spiro atoms. The number of rotatable bonds is 9. The van der Waals surface area contributed by atoms with Gasteiger partial charge < -0.3 is 20.1 Å². The van der Waals surface area contributed by atoms with Gasteiger partial charge in [-0.2, -0.15) is 0 Å². The molecule has 0 aliphatic carbocycles. The van der Waals surface area contributed by atoms with Crippen molar-refractivity contribution in [2.75, 3.05) is 33.5 Å².